The minimum absolute atomic E-state index is 0.541. The first-order valence-electron chi connectivity index (χ1n) is 8.97. The third kappa shape index (κ3) is 1.87. The zero-order valence-corrected chi connectivity index (χ0v) is 14.0. The first kappa shape index (κ1) is 13.7. The van der Waals surface area contributed by atoms with Gasteiger partial charge in [0.15, 0.2) is 0 Å². The monoisotopic (exact) mass is 290 g/mol. The van der Waals surface area contributed by atoms with E-state index in [1.165, 1.54) is 51.4 Å². The average molecular weight is 291 g/mol. The SMILES string of the molecule is CC1CCC2C1CCC1C2CC=C2CC(S)CCC21C. The van der Waals surface area contributed by atoms with Crippen LogP contribution in [-0.4, -0.2) is 5.25 Å². The molecule has 1 heteroatoms. The molecular formula is C19H30S. The van der Waals surface area contributed by atoms with Gasteiger partial charge in [0, 0.05) is 5.25 Å². The second-order valence-electron chi connectivity index (χ2n) is 8.51. The number of allylic oxidation sites excluding steroid dienone is 2. The summed E-state index contributed by atoms with van der Waals surface area (Å²) in [6.45, 7) is 5.12. The topological polar surface area (TPSA) is 0 Å². The van der Waals surface area contributed by atoms with Gasteiger partial charge in [0.1, 0.15) is 0 Å². The summed E-state index contributed by atoms with van der Waals surface area (Å²) in [7, 11) is 0. The van der Waals surface area contributed by atoms with E-state index in [4.69, 9.17) is 12.6 Å². The number of hydrogen-bond acceptors (Lipinski definition) is 1. The molecule has 0 nitrogen and oxygen atoms in total. The predicted octanol–water partition coefficient (Wildman–Crippen LogP) is 5.49. The minimum atomic E-state index is 0.541. The van der Waals surface area contributed by atoms with Gasteiger partial charge in [-0.15, -0.1) is 0 Å². The third-order valence-electron chi connectivity index (χ3n) is 7.75. The second kappa shape index (κ2) is 4.80. The van der Waals surface area contributed by atoms with Crippen molar-refractivity contribution in [3.63, 3.8) is 0 Å². The van der Waals surface area contributed by atoms with Gasteiger partial charge < -0.3 is 0 Å². The molecule has 0 aromatic rings. The lowest BCUT2D eigenvalue weighted by Crippen LogP contribution is -2.47. The maximum Gasteiger partial charge on any atom is 0.00545 e. The summed E-state index contributed by atoms with van der Waals surface area (Å²) in [5.41, 5.74) is 2.33. The molecule has 0 N–H and O–H groups in total. The van der Waals surface area contributed by atoms with Crippen molar-refractivity contribution in [1.82, 2.24) is 0 Å². The molecule has 0 saturated heterocycles. The molecule has 4 aliphatic carbocycles. The van der Waals surface area contributed by atoms with Gasteiger partial charge in [-0.3, -0.25) is 0 Å². The highest BCUT2D eigenvalue weighted by atomic mass is 32.1. The standard InChI is InChI=1S/C19H30S/c1-12-3-5-16-15(12)7-8-18-17(16)6-4-13-11-14(20)9-10-19(13,18)2/h4,12,14-18,20H,3,5-11H2,1-2H3. The van der Waals surface area contributed by atoms with Crippen LogP contribution in [0.4, 0.5) is 0 Å². The molecule has 3 fully saturated rings. The van der Waals surface area contributed by atoms with Crippen molar-refractivity contribution in [3.05, 3.63) is 11.6 Å². The van der Waals surface area contributed by atoms with Gasteiger partial charge in [-0.1, -0.05) is 31.9 Å². The molecule has 112 valence electrons. The van der Waals surface area contributed by atoms with E-state index in [9.17, 15) is 0 Å². The molecule has 0 aromatic heterocycles. The van der Waals surface area contributed by atoms with Crippen LogP contribution in [0.1, 0.15) is 65.2 Å². The second-order valence-corrected chi connectivity index (χ2v) is 9.24. The summed E-state index contributed by atoms with van der Waals surface area (Å²) in [4.78, 5) is 0. The van der Waals surface area contributed by atoms with E-state index in [1.54, 1.807) is 5.57 Å². The highest BCUT2D eigenvalue weighted by Gasteiger charge is 2.53. The van der Waals surface area contributed by atoms with Crippen LogP contribution >= 0.6 is 12.6 Å². The van der Waals surface area contributed by atoms with Crippen molar-refractivity contribution in [2.75, 3.05) is 0 Å². The highest BCUT2D eigenvalue weighted by Crippen LogP contribution is 2.62. The Kier molecular flexibility index (Phi) is 3.29. The molecule has 0 radical (unpaired) electrons. The Morgan fingerprint density at radius 3 is 2.70 bits per heavy atom. The maximum absolute atomic E-state index is 4.76. The fraction of sp³-hybridized carbons (Fsp3) is 0.895. The smallest absolute Gasteiger partial charge is 0.00545 e. The molecule has 0 aromatic carbocycles. The van der Waals surface area contributed by atoms with Crippen molar-refractivity contribution in [2.24, 2.45) is 35.0 Å². The molecule has 0 bridgehead atoms. The van der Waals surface area contributed by atoms with Crippen LogP contribution < -0.4 is 0 Å². The van der Waals surface area contributed by atoms with Crippen molar-refractivity contribution in [3.8, 4) is 0 Å². The van der Waals surface area contributed by atoms with Gasteiger partial charge in [-0.25, -0.2) is 0 Å². The normalized spacial score (nSPS) is 54.6. The number of hydrogen-bond donors (Lipinski definition) is 1. The lowest BCUT2D eigenvalue weighted by molar-refractivity contribution is 0.00786. The van der Waals surface area contributed by atoms with E-state index < -0.39 is 0 Å². The Morgan fingerprint density at radius 2 is 1.85 bits per heavy atom. The molecule has 20 heavy (non-hydrogen) atoms. The quantitative estimate of drug-likeness (QED) is 0.442. The van der Waals surface area contributed by atoms with E-state index in [1.807, 2.05) is 0 Å². The van der Waals surface area contributed by atoms with E-state index in [2.05, 4.69) is 19.9 Å². The van der Waals surface area contributed by atoms with Crippen LogP contribution in [-0.2, 0) is 0 Å². The van der Waals surface area contributed by atoms with E-state index >= 15 is 0 Å². The van der Waals surface area contributed by atoms with E-state index in [-0.39, 0.29) is 0 Å². The summed E-state index contributed by atoms with van der Waals surface area (Å²) in [6.07, 6.45) is 14.1. The fourth-order valence-corrected chi connectivity index (χ4v) is 6.91. The zero-order chi connectivity index (χ0) is 13.9. The number of thiol groups is 1. The average Bonchev–Trinajstić information content (AvgIpc) is 2.82. The molecule has 0 spiro atoms. The Labute approximate surface area is 130 Å². The molecule has 0 aliphatic heterocycles. The molecule has 0 amide bonds. The highest BCUT2D eigenvalue weighted by molar-refractivity contribution is 7.80. The van der Waals surface area contributed by atoms with Crippen molar-refractivity contribution in [1.29, 1.82) is 0 Å². The summed E-state index contributed by atoms with van der Waals surface area (Å²) in [5.74, 6) is 5.15. The van der Waals surface area contributed by atoms with Gasteiger partial charge >= 0.3 is 0 Å². The summed E-state index contributed by atoms with van der Waals surface area (Å²) < 4.78 is 0. The first-order chi connectivity index (χ1) is 9.59. The van der Waals surface area contributed by atoms with Gasteiger partial charge in [0.05, 0.1) is 0 Å². The molecule has 0 heterocycles. The molecule has 7 unspecified atom stereocenters. The lowest BCUT2D eigenvalue weighted by Gasteiger charge is -2.55. The molecule has 3 saturated carbocycles. The lowest BCUT2D eigenvalue weighted by atomic mass is 9.50. The molecular weight excluding hydrogens is 260 g/mol. The maximum atomic E-state index is 4.76. The first-order valence-corrected chi connectivity index (χ1v) is 9.49. The Balaban J connectivity index is 1.65. The Bertz CT molecular complexity index is 425. The number of rotatable bonds is 0. The van der Waals surface area contributed by atoms with Crippen LogP contribution in [0.2, 0.25) is 0 Å². The molecule has 4 rings (SSSR count). The summed E-state index contributed by atoms with van der Waals surface area (Å²) in [6, 6.07) is 0. The Morgan fingerprint density at radius 1 is 1.05 bits per heavy atom. The molecule has 4 aliphatic rings. The Hall–Kier alpha value is 0.0900. The van der Waals surface area contributed by atoms with Crippen molar-refractivity contribution >= 4 is 12.6 Å². The third-order valence-corrected chi connectivity index (χ3v) is 8.20. The van der Waals surface area contributed by atoms with E-state index in [0.717, 1.165) is 29.6 Å². The van der Waals surface area contributed by atoms with Crippen molar-refractivity contribution < 1.29 is 0 Å². The zero-order valence-electron chi connectivity index (χ0n) is 13.1. The van der Waals surface area contributed by atoms with Crippen LogP contribution in [0.15, 0.2) is 11.6 Å². The summed E-state index contributed by atoms with van der Waals surface area (Å²) >= 11 is 4.76. The largest absolute Gasteiger partial charge is 0.176 e. The van der Waals surface area contributed by atoms with Gasteiger partial charge in [0.2, 0.25) is 0 Å². The van der Waals surface area contributed by atoms with Gasteiger partial charge in [-0.05, 0) is 80.0 Å². The van der Waals surface area contributed by atoms with Crippen LogP contribution in [0.3, 0.4) is 0 Å². The van der Waals surface area contributed by atoms with Crippen LogP contribution in [0.5, 0.6) is 0 Å². The van der Waals surface area contributed by atoms with Crippen molar-refractivity contribution in [2.45, 2.75) is 70.5 Å². The van der Waals surface area contributed by atoms with Crippen LogP contribution in [0.25, 0.3) is 0 Å². The predicted molar refractivity (Wildman–Crippen MR) is 89.0 cm³/mol. The van der Waals surface area contributed by atoms with Crippen LogP contribution in [0, 0.1) is 35.0 Å². The minimum Gasteiger partial charge on any atom is -0.176 e. The summed E-state index contributed by atoms with van der Waals surface area (Å²) in [5, 5.41) is 0.633. The number of fused-ring (bicyclic) bond motifs is 5. The molecule has 7 atom stereocenters. The van der Waals surface area contributed by atoms with Gasteiger partial charge in [0.25, 0.3) is 0 Å². The fourth-order valence-electron chi connectivity index (χ4n) is 6.58. The van der Waals surface area contributed by atoms with Gasteiger partial charge in [-0.2, -0.15) is 12.6 Å². The van der Waals surface area contributed by atoms with E-state index in [0.29, 0.717) is 10.7 Å².